The van der Waals surface area contributed by atoms with Crippen LogP contribution in [0.25, 0.3) is 5.69 Å². The number of hydrogen-bond acceptors (Lipinski definition) is 4. The third-order valence-corrected chi connectivity index (χ3v) is 2.95. The van der Waals surface area contributed by atoms with E-state index in [9.17, 15) is 10.1 Å². The summed E-state index contributed by atoms with van der Waals surface area (Å²) in [5.41, 5.74) is 1.03. The number of rotatable bonds is 4. The zero-order chi connectivity index (χ0) is 13.1. The van der Waals surface area contributed by atoms with Crippen molar-refractivity contribution < 1.29 is 4.92 Å². The average molecular weight is 332 g/mol. The van der Waals surface area contributed by atoms with Gasteiger partial charge in [-0.15, -0.1) is 16.7 Å². The maximum absolute atomic E-state index is 11.0. The summed E-state index contributed by atoms with van der Waals surface area (Å²) >= 11 is 8.80. The molecule has 1 heterocycles. The first-order valence-electron chi connectivity index (χ1n) is 5.03. The second-order valence-corrected chi connectivity index (χ2v) is 4.78. The molecule has 2 rings (SSSR count). The summed E-state index contributed by atoms with van der Waals surface area (Å²) in [5, 5.41) is 18.7. The predicted octanol–water partition coefficient (Wildman–Crippen LogP) is 2.72. The lowest BCUT2D eigenvalue weighted by molar-refractivity contribution is -0.384. The van der Waals surface area contributed by atoms with E-state index >= 15 is 0 Å². The standard InChI is InChI=1S/C10H8BrClN4O2/c11-7-1-2-9(10(5-7)16(17)18)15-6-8(3-4-12)13-14-15/h1-2,5-6H,3-4H2. The molecule has 0 aliphatic carbocycles. The number of alkyl halides is 1. The topological polar surface area (TPSA) is 73.8 Å². The lowest BCUT2D eigenvalue weighted by Crippen LogP contribution is -2.00. The van der Waals surface area contributed by atoms with Crippen LogP contribution in [-0.2, 0) is 6.42 Å². The van der Waals surface area contributed by atoms with Gasteiger partial charge in [0.15, 0.2) is 0 Å². The van der Waals surface area contributed by atoms with Crippen LogP contribution in [0.1, 0.15) is 5.69 Å². The van der Waals surface area contributed by atoms with Crippen LogP contribution in [0, 0.1) is 10.1 Å². The summed E-state index contributed by atoms with van der Waals surface area (Å²) in [6.45, 7) is 0. The van der Waals surface area contributed by atoms with Crippen LogP contribution >= 0.6 is 27.5 Å². The highest BCUT2D eigenvalue weighted by Crippen LogP contribution is 2.26. The van der Waals surface area contributed by atoms with Gasteiger partial charge in [-0.2, -0.15) is 0 Å². The van der Waals surface area contributed by atoms with Gasteiger partial charge in [-0.05, 0) is 12.1 Å². The molecule has 1 aromatic carbocycles. The summed E-state index contributed by atoms with van der Waals surface area (Å²) in [6.07, 6.45) is 2.21. The van der Waals surface area contributed by atoms with E-state index in [4.69, 9.17) is 11.6 Å². The van der Waals surface area contributed by atoms with E-state index in [0.29, 0.717) is 28.2 Å². The van der Waals surface area contributed by atoms with E-state index in [1.807, 2.05) is 0 Å². The fourth-order valence-corrected chi connectivity index (χ4v) is 2.01. The Bertz CT molecular complexity index is 587. The number of aryl methyl sites for hydroxylation is 1. The normalized spacial score (nSPS) is 10.6. The van der Waals surface area contributed by atoms with E-state index < -0.39 is 4.92 Å². The van der Waals surface area contributed by atoms with Crippen LogP contribution in [0.2, 0.25) is 0 Å². The zero-order valence-electron chi connectivity index (χ0n) is 9.08. The molecule has 0 aliphatic rings. The van der Waals surface area contributed by atoms with E-state index in [1.54, 1.807) is 18.3 Å². The van der Waals surface area contributed by atoms with Crippen LogP contribution in [0.15, 0.2) is 28.9 Å². The van der Waals surface area contributed by atoms with Crippen molar-refractivity contribution in [3.63, 3.8) is 0 Å². The van der Waals surface area contributed by atoms with E-state index in [-0.39, 0.29) is 5.69 Å². The summed E-state index contributed by atoms with van der Waals surface area (Å²) in [7, 11) is 0. The molecule has 0 amide bonds. The first-order valence-corrected chi connectivity index (χ1v) is 6.36. The SMILES string of the molecule is O=[N+]([O-])c1cc(Br)ccc1-n1cc(CCCl)nn1. The molecule has 0 radical (unpaired) electrons. The van der Waals surface area contributed by atoms with E-state index in [1.165, 1.54) is 10.7 Å². The van der Waals surface area contributed by atoms with Gasteiger partial charge in [0.2, 0.25) is 0 Å². The monoisotopic (exact) mass is 330 g/mol. The van der Waals surface area contributed by atoms with Gasteiger partial charge >= 0.3 is 0 Å². The van der Waals surface area contributed by atoms with Crippen molar-refractivity contribution in [3.8, 4) is 5.69 Å². The van der Waals surface area contributed by atoms with E-state index in [0.717, 1.165) is 0 Å². The maximum atomic E-state index is 11.0. The Kier molecular flexibility index (Phi) is 3.93. The van der Waals surface area contributed by atoms with Crippen molar-refractivity contribution >= 4 is 33.2 Å². The van der Waals surface area contributed by atoms with Crippen molar-refractivity contribution in [2.24, 2.45) is 0 Å². The highest BCUT2D eigenvalue weighted by Gasteiger charge is 2.17. The van der Waals surface area contributed by atoms with Crippen LogP contribution in [0.3, 0.4) is 0 Å². The third kappa shape index (κ3) is 2.68. The Morgan fingerprint density at radius 1 is 1.50 bits per heavy atom. The smallest absolute Gasteiger partial charge is 0.258 e. The molecule has 1 aromatic heterocycles. The molecule has 6 nitrogen and oxygen atoms in total. The zero-order valence-corrected chi connectivity index (χ0v) is 11.4. The second kappa shape index (κ2) is 5.45. The Labute approximate surface area is 116 Å². The summed E-state index contributed by atoms with van der Waals surface area (Å²) < 4.78 is 2.02. The number of nitro benzene ring substituents is 1. The third-order valence-electron chi connectivity index (χ3n) is 2.27. The fourth-order valence-electron chi connectivity index (χ4n) is 1.46. The van der Waals surface area contributed by atoms with Gasteiger partial charge in [-0.1, -0.05) is 21.1 Å². The molecule has 0 aliphatic heterocycles. The Balaban J connectivity index is 2.45. The number of aromatic nitrogens is 3. The van der Waals surface area contributed by atoms with Crippen molar-refractivity contribution in [3.05, 3.63) is 44.7 Å². The number of nitrogens with zero attached hydrogens (tertiary/aromatic N) is 4. The summed E-state index contributed by atoms with van der Waals surface area (Å²) in [4.78, 5) is 10.5. The average Bonchev–Trinajstić information content (AvgIpc) is 2.78. The highest BCUT2D eigenvalue weighted by molar-refractivity contribution is 9.10. The molecule has 8 heteroatoms. The maximum Gasteiger partial charge on any atom is 0.296 e. The molecular weight excluding hydrogens is 323 g/mol. The van der Waals surface area contributed by atoms with Crippen LogP contribution in [0.4, 0.5) is 5.69 Å². The molecule has 0 N–H and O–H groups in total. The Hall–Kier alpha value is -1.47. The Morgan fingerprint density at radius 2 is 2.28 bits per heavy atom. The molecule has 0 unspecified atom stereocenters. The van der Waals surface area contributed by atoms with Crippen molar-refractivity contribution in [1.29, 1.82) is 0 Å². The lowest BCUT2D eigenvalue weighted by Gasteiger charge is -2.02. The van der Waals surface area contributed by atoms with Crippen LogP contribution in [-0.4, -0.2) is 25.8 Å². The summed E-state index contributed by atoms with van der Waals surface area (Å²) in [5.74, 6) is 0.432. The van der Waals surface area contributed by atoms with Gasteiger partial charge < -0.3 is 0 Å². The minimum absolute atomic E-state index is 0.0355. The number of halogens is 2. The predicted molar refractivity (Wildman–Crippen MR) is 70.1 cm³/mol. The molecule has 0 fully saturated rings. The molecule has 0 atom stereocenters. The first kappa shape index (κ1) is 13.0. The lowest BCUT2D eigenvalue weighted by atomic mass is 10.2. The van der Waals surface area contributed by atoms with Crippen LogP contribution in [0.5, 0.6) is 0 Å². The minimum Gasteiger partial charge on any atom is -0.258 e. The van der Waals surface area contributed by atoms with Crippen molar-refractivity contribution in [2.75, 3.05) is 5.88 Å². The van der Waals surface area contributed by atoms with Gasteiger partial charge in [-0.25, -0.2) is 4.68 Å². The number of benzene rings is 1. The quantitative estimate of drug-likeness (QED) is 0.490. The van der Waals surface area contributed by atoms with Gasteiger partial charge in [0, 0.05) is 22.8 Å². The van der Waals surface area contributed by atoms with Crippen molar-refractivity contribution in [2.45, 2.75) is 6.42 Å². The highest BCUT2D eigenvalue weighted by atomic mass is 79.9. The summed E-state index contributed by atoms with van der Waals surface area (Å²) in [6, 6.07) is 4.75. The molecule has 0 saturated carbocycles. The molecule has 2 aromatic rings. The van der Waals surface area contributed by atoms with Gasteiger partial charge in [-0.3, -0.25) is 10.1 Å². The minimum atomic E-state index is -0.455. The van der Waals surface area contributed by atoms with Crippen molar-refractivity contribution in [1.82, 2.24) is 15.0 Å². The molecule has 18 heavy (non-hydrogen) atoms. The first-order chi connectivity index (χ1) is 8.61. The number of nitro groups is 1. The van der Waals surface area contributed by atoms with E-state index in [2.05, 4.69) is 26.2 Å². The van der Waals surface area contributed by atoms with Gasteiger partial charge in [0.25, 0.3) is 5.69 Å². The Morgan fingerprint density at radius 3 is 2.94 bits per heavy atom. The molecule has 0 spiro atoms. The molecule has 0 saturated heterocycles. The second-order valence-electron chi connectivity index (χ2n) is 3.48. The molecule has 0 bridgehead atoms. The molecular formula is C10H8BrClN4O2. The number of hydrogen-bond donors (Lipinski definition) is 0. The van der Waals surface area contributed by atoms with Gasteiger partial charge in [0.1, 0.15) is 5.69 Å². The molecule has 94 valence electrons. The van der Waals surface area contributed by atoms with Crippen LogP contribution < -0.4 is 0 Å². The fraction of sp³-hybridized carbons (Fsp3) is 0.200. The van der Waals surface area contributed by atoms with Gasteiger partial charge in [0.05, 0.1) is 16.8 Å². The largest absolute Gasteiger partial charge is 0.296 e.